The Balaban J connectivity index is 3.57. The van der Waals surface area contributed by atoms with Crippen molar-refractivity contribution in [3.63, 3.8) is 0 Å². The molecule has 1 rings (SSSR count). The first-order valence-electron chi connectivity index (χ1n) is 6.39. The summed E-state index contributed by atoms with van der Waals surface area (Å²) < 4.78 is 11.3. The summed E-state index contributed by atoms with van der Waals surface area (Å²) in [6, 6.07) is 4.50. The van der Waals surface area contributed by atoms with Crippen molar-refractivity contribution in [3.8, 4) is 11.5 Å². The summed E-state index contributed by atoms with van der Waals surface area (Å²) >= 11 is 0. The van der Waals surface area contributed by atoms with E-state index in [0.717, 1.165) is 11.5 Å². The van der Waals surface area contributed by atoms with Gasteiger partial charge in [0.05, 0.1) is 30.4 Å². The molecule has 0 N–H and O–H groups in total. The van der Waals surface area contributed by atoms with E-state index in [9.17, 15) is 0 Å². The summed E-state index contributed by atoms with van der Waals surface area (Å²) in [4.78, 5) is 0. The van der Waals surface area contributed by atoms with Gasteiger partial charge in [0.25, 0.3) is 0 Å². The minimum Gasteiger partial charge on any atom is -0.493 e. The van der Waals surface area contributed by atoms with Gasteiger partial charge in [0, 0.05) is 0 Å². The predicted octanol–water partition coefficient (Wildman–Crippen LogP) is 2.79. The number of methoxy groups -OCH3 is 2. The molecule has 0 aliphatic heterocycles. The summed E-state index contributed by atoms with van der Waals surface area (Å²) in [6.45, 7) is 14.0. The van der Waals surface area contributed by atoms with Crippen LogP contribution in [0.15, 0.2) is 12.1 Å². The van der Waals surface area contributed by atoms with Crippen molar-refractivity contribution in [2.24, 2.45) is 0 Å². The van der Waals surface area contributed by atoms with E-state index in [1.807, 2.05) is 0 Å². The quantitative estimate of drug-likeness (QED) is 0.791. The monoisotopic (exact) mass is 282 g/mol. The number of benzene rings is 1. The maximum atomic E-state index is 5.66. The Labute approximate surface area is 113 Å². The van der Waals surface area contributed by atoms with Gasteiger partial charge < -0.3 is 9.47 Å². The molecular formula is C14H26O2Si2. The van der Waals surface area contributed by atoms with Crippen molar-refractivity contribution in [3.05, 3.63) is 12.1 Å². The molecule has 0 spiro atoms. The van der Waals surface area contributed by atoms with Gasteiger partial charge >= 0.3 is 0 Å². The van der Waals surface area contributed by atoms with E-state index in [1.165, 1.54) is 10.4 Å². The first-order valence-corrected chi connectivity index (χ1v) is 13.4. The lowest BCUT2D eigenvalue weighted by molar-refractivity contribution is 0.359. The van der Waals surface area contributed by atoms with Crippen LogP contribution in [0.1, 0.15) is 0 Å². The lowest BCUT2D eigenvalue weighted by Crippen LogP contribution is -2.44. The van der Waals surface area contributed by atoms with Gasteiger partial charge in [0.15, 0.2) is 11.5 Å². The van der Waals surface area contributed by atoms with Crippen LogP contribution in [-0.2, 0) is 0 Å². The zero-order valence-corrected chi connectivity index (χ0v) is 15.0. The van der Waals surface area contributed by atoms with E-state index < -0.39 is 16.1 Å². The van der Waals surface area contributed by atoms with E-state index in [0.29, 0.717) is 0 Å². The molecule has 0 unspecified atom stereocenters. The van der Waals surface area contributed by atoms with Crippen LogP contribution in [-0.4, -0.2) is 30.4 Å². The zero-order valence-electron chi connectivity index (χ0n) is 13.0. The fraction of sp³-hybridized carbons (Fsp3) is 0.571. The third kappa shape index (κ3) is 2.98. The Morgan fingerprint density at radius 3 is 1.11 bits per heavy atom. The van der Waals surface area contributed by atoms with Crippen molar-refractivity contribution < 1.29 is 9.47 Å². The van der Waals surface area contributed by atoms with Crippen LogP contribution in [0.25, 0.3) is 0 Å². The van der Waals surface area contributed by atoms with Gasteiger partial charge in [-0.3, -0.25) is 0 Å². The average molecular weight is 283 g/mol. The van der Waals surface area contributed by atoms with Gasteiger partial charge in [-0.1, -0.05) is 51.4 Å². The molecule has 0 aromatic heterocycles. The second-order valence-corrected chi connectivity index (χ2v) is 16.8. The van der Waals surface area contributed by atoms with E-state index in [4.69, 9.17) is 9.47 Å². The largest absolute Gasteiger partial charge is 0.493 e. The molecule has 0 saturated heterocycles. The van der Waals surface area contributed by atoms with Crippen LogP contribution in [0.5, 0.6) is 11.5 Å². The lowest BCUT2D eigenvalue weighted by Gasteiger charge is -2.27. The smallest absolute Gasteiger partial charge is 0.159 e. The third-order valence-corrected chi connectivity index (χ3v) is 7.16. The normalized spacial score (nSPS) is 12.4. The number of hydrogen-bond donors (Lipinski definition) is 0. The minimum atomic E-state index is -1.42. The highest BCUT2D eigenvalue weighted by atomic mass is 28.3. The molecule has 0 aliphatic carbocycles. The molecule has 2 nitrogen and oxygen atoms in total. The second-order valence-electron chi connectivity index (χ2n) is 6.73. The SMILES string of the molecule is COc1c([Si](C)(C)C)ccc([Si](C)(C)C)c1OC. The fourth-order valence-corrected chi connectivity index (χ4v) is 5.11. The number of rotatable bonds is 4. The molecule has 0 bridgehead atoms. The highest BCUT2D eigenvalue weighted by molar-refractivity contribution is 6.91. The van der Waals surface area contributed by atoms with Crippen molar-refractivity contribution in [2.45, 2.75) is 39.3 Å². The van der Waals surface area contributed by atoms with Crippen LogP contribution in [0.3, 0.4) is 0 Å². The van der Waals surface area contributed by atoms with E-state index in [2.05, 4.69) is 51.4 Å². The maximum absolute atomic E-state index is 5.66. The summed E-state index contributed by atoms with van der Waals surface area (Å²) in [5.74, 6) is 1.91. The van der Waals surface area contributed by atoms with E-state index in [-0.39, 0.29) is 0 Å². The molecule has 0 amide bonds. The van der Waals surface area contributed by atoms with Gasteiger partial charge in [-0.2, -0.15) is 0 Å². The molecule has 0 atom stereocenters. The maximum Gasteiger partial charge on any atom is 0.159 e. The molecule has 0 aliphatic rings. The number of hydrogen-bond acceptors (Lipinski definition) is 2. The molecule has 4 heteroatoms. The molecule has 102 valence electrons. The van der Waals surface area contributed by atoms with E-state index in [1.54, 1.807) is 14.2 Å². The average Bonchev–Trinajstić information content (AvgIpc) is 2.24. The molecule has 0 fully saturated rings. The van der Waals surface area contributed by atoms with Crippen LogP contribution in [0.2, 0.25) is 39.3 Å². The first kappa shape index (κ1) is 15.3. The minimum absolute atomic E-state index is 0.955. The van der Waals surface area contributed by atoms with Crippen molar-refractivity contribution >= 4 is 26.5 Å². The summed E-state index contributed by atoms with van der Waals surface area (Å²) in [5.41, 5.74) is 0. The Kier molecular flexibility index (Phi) is 4.33. The second kappa shape index (κ2) is 5.09. The van der Waals surface area contributed by atoms with Crippen molar-refractivity contribution in [1.29, 1.82) is 0 Å². The predicted molar refractivity (Wildman–Crippen MR) is 85.5 cm³/mol. The molecule has 1 aromatic carbocycles. The van der Waals surface area contributed by atoms with Crippen LogP contribution in [0.4, 0.5) is 0 Å². The van der Waals surface area contributed by atoms with Gasteiger partial charge in [-0.05, 0) is 10.4 Å². The summed E-state index contributed by atoms with van der Waals surface area (Å²) in [7, 11) is 0.655. The summed E-state index contributed by atoms with van der Waals surface area (Å²) in [6.07, 6.45) is 0. The first-order chi connectivity index (χ1) is 8.12. The molecule has 0 heterocycles. The Bertz CT molecular complexity index is 388. The molecule has 18 heavy (non-hydrogen) atoms. The Hall–Kier alpha value is -0.746. The van der Waals surface area contributed by atoms with E-state index >= 15 is 0 Å². The molecule has 0 saturated carbocycles. The van der Waals surface area contributed by atoms with Crippen molar-refractivity contribution in [1.82, 2.24) is 0 Å². The third-order valence-electron chi connectivity index (χ3n) is 3.14. The van der Waals surface area contributed by atoms with Crippen LogP contribution < -0.4 is 19.8 Å². The highest BCUT2D eigenvalue weighted by Gasteiger charge is 2.29. The zero-order chi connectivity index (χ0) is 14.1. The Morgan fingerprint density at radius 2 is 0.944 bits per heavy atom. The number of ether oxygens (including phenoxy) is 2. The standard InChI is InChI=1S/C14H26O2Si2/c1-15-13-11(17(3,4)5)9-10-12(14(13)16-2)18(6,7)8/h9-10H,1-8H3. The van der Waals surface area contributed by atoms with Crippen molar-refractivity contribution in [2.75, 3.05) is 14.2 Å². The molecular weight excluding hydrogens is 256 g/mol. The Morgan fingerprint density at radius 1 is 0.667 bits per heavy atom. The van der Waals surface area contributed by atoms with Gasteiger partial charge in [-0.25, -0.2) is 0 Å². The summed E-state index contributed by atoms with van der Waals surface area (Å²) in [5, 5.41) is 2.67. The topological polar surface area (TPSA) is 18.5 Å². The molecule has 0 radical (unpaired) electrons. The van der Waals surface area contributed by atoms with Crippen LogP contribution in [0, 0.1) is 0 Å². The van der Waals surface area contributed by atoms with Crippen LogP contribution >= 0.6 is 0 Å². The molecule has 1 aromatic rings. The van der Waals surface area contributed by atoms with Gasteiger partial charge in [0.1, 0.15) is 0 Å². The lowest BCUT2D eigenvalue weighted by atomic mass is 10.3. The highest BCUT2D eigenvalue weighted by Crippen LogP contribution is 2.27. The van der Waals surface area contributed by atoms with Gasteiger partial charge in [-0.15, -0.1) is 0 Å². The fourth-order valence-electron chi connectivity index (χ4n) is 2.15. The van der Waals surface area contributed by atoms with Gasteiger partial charge in [0.2, 0.25) is 0 Å².